The molecule has 0 saturated carbocycles. The van der Waals surface area contributed by atoms with Crippen LogP contribution in [0.2, 0.25) is 5.02 Å². The Morgan fingerprint density at radius 1 is 1.10 bits per heavy atom. The topological polar surface area (TPSA) is 34.4 Å². The molecule has 0 bridgehead atoms. The fourth-order valence-electron chi connectivity index (χ4n) is 1.93. The number of hydrogen-bond acceptors (Lipinski definition) is 2. The number of nitrogens with zero attached hydrogens (tertiary/aromatic N) is 2. The van der Waals surface area contributed by atoms with Crippen molar-refractivity contribution < 1.29 is 0 Å². The Kier molecular flexibility index (Phi) is 3.35. The monoisotopic (exact) mass is 282 g/mol. The third-order valence-corrected chi connectivity index (χ3v) is 3.19. The van der Waals surface area contributed by atoms with Gasteiger partial charge in [0.05, 0.1) is 5.56 Å². The van der Waals surface area contributed by atoms with E-state index in [1.54, 1.807) is 30.6 Å². The van der Waals surface area contributed by atoms with Gasteiger partial charge < -0.3 is 0 Å². The molecule has 2 aromatic heterocycles. The summed E-state index contributed by atoms with van der Waals surface area (Å²) in [4.78, 5) is 16.5. The van der Waals surface area contributed by atoms with E-state index in [4.69, 9.17) is 11.6 Å². The van der Waals surface area contributed by atoms with Crippen LogP contribution in [0.5, 0.6) is 0 Å². The van der Waals surface area contributed by atoms with Gasteiger partial charge in [0.15, 0.2) is 0 Å². The summed E-state index contributed by atoms with van der Waals surface area (Å²) < 4.78 is 1.48. The molecule has 3 nitrogen and oxygen atoms in total. The largest absolute Gasteiger partial charge is 0.268 e. The van der Waals surface area contributed by atoms with Crippen LogP contribution in [0.4, 0.5) is 0 Å². The van der Waals surface area contributed by atoms with Gasteiger partial charge in [-0.05, 0) is 17.7 Å². The maximum atomic E-state index is 12.3. The molecular formula is C16H11ClN2O. The second kappa shape index (κ2) is 5.31. The van der Waals surface area contributed by atoms with Gasteiger partial charge in [-0.15, -0.1) is 0 Å². The molecule has 2 heterocycles. The standard InChI is InChI=1S/C16H11ClN2O/c17-14-8-9-19-15(10-14)18-11-13(16(19)20)7-6-12-4-2-1-3-5-12/h1-11H/b7-6+. The van der Waals surface area contributed by atoms with Crippen molar-refractivity contribution in [3.8, 4) is 0 Å². The van der Waals surface area contributed by atoms with Crippen molar-refractivity contribution >= 4 is 29.4 Å². The quantitative estimate of drug-likeness (QED) is 0.721. The molecule has 3 aromatic rings. The summed E-state index contributed by atoms with van der Waals surface area (Å²) in [6.07, 6.45) is 6.85. The Bertz CT molecular complexity index is 838. The number of hydrogen-bond donors (Lipinski definition) is 0. The Hall–Kier alpha value is -2.39. The van der Waals surface area contributed by atoms with Crippen LogP contribution < -0.4 is 5.56 Å². The molecule has 0 N–H and O–H groups in total. The Balaban J connectivity index is 2.05. The highest BCUT2D eigenvalue weighted by Crippen LogP contribution is 2.10. The molecule has 0 aliphatic heterocycles. The van der Waals surface area contributed by atoms with Crippen LogP contribution >= 0.6 is 11.6 Å². The zero-order chi connectivity index (χ0) is 13.9. The molecule has 98 valence electrons. The van der Waals surface area contributed by atoms with Crippen molar-refractivity contribution in [3.05, 3.63) is 81.4 Å². The van der Waals surface area contributed by atoms with Gasteiger partial charge in [0.25, 0.3) is 5.56 Å². The van der Waals surface area contributed by atoms with Crippen molar-refractivity contribution in [1.29, 1.82) is 0 Å². The summed E-state index contributed by atoms with van der Waals surface area (Å²) in [5, 5.41) is 0.560. The zero-order valence-corrected chi connectivity index (χ0v) is 11.3. The van der Waals surface area contributed by atoms with Gasteiger partial charge in [-0.3, -0.25) is 9.20 Å². The van der Waals surface area contributed by atoms with Gasteiger partial charge >= 0.3 is 0 Å². The highest BCUT2D eigenvalue weighted by molar-refractivity contribution is 6.30. The van der Waals surface area contributed by atoms with Crippen molar-refractivity contribution in [3.63, 3.8) is 0 Å². The molecule has 0 unspecified atom stereocenters. The molecule has 0 spiro atoms. The summed E-state index contributed by atoms with van der Waals surface area (Å²) in [6, 6.07) is 13.1. The first kappa shape index (κ1) is 12.6. The number of rotatable bonds is 2. The average molecular weight is 283 g/mol. The van der Waals surface area contributed by atoms with E-state index in [1.807, 2.05) is 36.4 Å². The first-order chi connectivity index (χ1) is 9.74. The van der Waals surface area contributed by atoms with E-state index in [-0.39, 0.29) is 5.56 Å². The molecule has 1 aromatic carbocycles. The predicted octanol–water partition coefficient (Wildman–Crippen LogP) is 3.52. The third-order valence-electron chi connectivity index (χ3n) is 2.95. The van der Waals surface area contributed by atoms with Crippen molar-refractivity contribution in [2.24, 2.45) is 0 Å². The first-order valence-electron chi connectivity index (χ1n) is 6.14. The first-order valence-corrected chi connectivity index (χ1v) is 6.52. The third kappa shape index (κ3) is 2.49. The minimum absolute atomic E-state index is 0.112. The number of aromatic nitrogens is 2. The Labute approximate surface area is 120 Å². The number of fused-ring (bicyclic) bond motifs is 1. The van der Waals surface area contributed by atoms with Crippen LogP contribution in [0.1, 0.15) is 11.1 Å². The molecule has 0 radical (unpaired) electrons. The minimum Gasteiger partial charge on any atom is -0.268 e. The Morgan fingerprint density at radius 2 is 1.90 bits per heavy atom. The van der Waals surface area contributed by atoms with Crippen molar-refractivity contribution in [2.75, 3.05) is 0 Å². The summed E-state index contributed by atoms with van der Waals surface area (Å²) >= 11 is 5.88. The van der Waals surface area contributed by atoms with Gasteiger partial charge in [0.2, 0.25) is 0 Å². The summed E-state index contributed by atoms with van der Waals surface area (Å²) in [6.45, 7) is 0. The average Bonchev–Trinajstić information content (AvgIpc) is 2.47. The highest BCUT2D eigenvalue weighted by Gasteiger charge is 2.02. The molecule has 0 fully saturated rings. The van der Waals surface area contributed by atoms with E-state index in [0.29, 0.717) is 16.2 Å². The molecule has 0 aliphatic rings. The van der Waals surface area contributed by atoms with Crippen LogP contribution in [-0.2, 0) is 0 Å². The van der Waals surface area contributed by atoms with Gasteiger partial charge in [-0.1, -0.05) is 48.0 Å². The number of pyridine rings is 1. The van der Waals surface area contributed by atoms with E-state index < -0.39 is 0 Å². The number of halogens is 1. The summed E-state index contributed by atoms with van der Waals surface area (Å²) in [5.41, 5.74) is 2.00. The molecule has 3 rings (SSSR count). The van der Waals surface area contributed by atoms with Crippen LogP contribution in [0.25, 0.3) is 17.8 Å². The van der Waals surface area contributed by atoms with Crippen LogP contribution in [-0.4, -0.2) is 9.38 Å². The van der Waals surface area contributed by atoms with Gasteiger partial charge in [-0.25, -0.2) is 4.98 Å². The van der Waals surface area contributed by atoms with E-state index >= 15 is 0 Å². The van der Waals surface area contributed by atoms with Crippen LogP contribution in [0.15, 0.2) is 59.7 Å². The lowest BCUT2D eigenvalue weighted by Gasteiger charge is -2.01. The molecule has 0 aliphatic carbocycles. The van der Waals surface area contributed by atoms with E-state index in [0.717, 1.165) is 5.56 Å². The van der Waals surface area contributed by atoms with Crippen molar-refractivity contribution in [2.45, 2.75) is 0 Å². The minimum atomic E-state index is -0.112. The molecular weight excluding hydrogens is 272 g/mol. The van der Waals surface area contributed by atoms with Crippen LogP contribution in [0.3, 0.4) is 0 Å². The molecule has 4 heteroatoms. The number of benzene rings is 1. The van der Waals surface area contributed by atoms with Crippen molar-refractivity contribution in [1.82, 2.24) is 9.38 Å². The molecule has 0 saturated heterocycles. The fourth-order valence-corrected chi connectivity index (χ4v) is 2.08. The lowest BCUT2D eigenvalue weighted by molar-refractivity contribution is 1.04. The van der Waals surface area contributed by atoms with Crippen LogP contribution in [0, 0.1) is 0 Å². The van der Waals surface area contributed by atoms with E-state index in [1.165, 1.54) is 4.40 Å². The van der Waals surface area contributed by atoms with Gasteiger partial charge in [-0.2, -0.15) is 0 Å². The second-order valence-corrected chi connectivity index (χ2v) is 4.77. The Morgan fingerprint density at radius 3 is 2.70 bits per heavy atom. The second-order valence-electron chi connectivity index (χ2n) is 4.34. The smallest absolute Gasteiger partial charge is 0.265 e. The normalized spacial score (nSPS) is 11.2. The van der Waals surface area contributed by atoms with E-state index in [9.17, 15) is 4.79 Å². The lowest BCUT2D eigenvalue weighted by Crippen LogP contribution is -2.16. The summed E-state index contributed by atoms with van der Waals surface area (Å²) in [5.74, 6) is 0. The maximum Gasteiger partial charge on any atom is 0.265 e. The SMILES string of the molecule is O=c1c(/C=C/c2ccccc2)cnc2cc(Cl)ccn12. The lowest BCUT2D eigenvalue weighted by atomic mass is 10.2. The zero-order valence-electron chi connectivity index (χ0n) is 10.5. The molecule has 20 heavy (non-hydrogen) atoms. The summed E-state index contributed by atoms with van der Waals surface area (Å²) in [7, 11) is 0. The van der Waals surface area contributed by atoms with E-state index in [2.05, 4.69) is 4.98 Å². The van der Waals surface area contributed by atoms with Gasteiger partial charge in [0.1, 0.15) is 5.65 Å². The predicted molar refractivity (Wildman–Crippen MR) is 81.8 cm³/mol. The highest BCUT2D eigenvalue weighted by atomic mass is 35.5. The maximum absolute atomic E-state index is 12.3. The fraction of sp³-hybridized carbons (Fsp3) is 0. The molecule has 0 amide bonds. The molecule has 0 atom stereocenters. The van der Waals surface area contributed by atoms with Gasteiger partial charge in [0, 0.05) is 23.5 Å².